The molecular formula is C24H36N4O2. The van der Waals surface area contributed by atoms with Crippen LogP contribution in [0.25, 0.3) is 5.69 Å². The van der Waals surface area contributed by atoms with Crippen molar-refractivity contribution >= 4 is 17.6 Å². The van der Waals surface area contributed by atoms with Crippen LogP contribution in [0.5, 0.6) is 0 Å². The van der Waals surface area contributed by atoms with Crippen LogP contribution >= 0.6 is 0 Å². The number of amides is 2. The Labute approximate surface area is 180 Å². The molecule has 6 heteroatoms. The Balaban J connectivity index is 2.38. The summed E-state index contributed by atoms with van der Waals surface area (Å²) in [6.07, 6.45) is 1.21. The highest BCUT2D eigenvalue weighted by molar-refractivity contribution is 5.94. The second kappa shape index (κ2) is 9.45. The molecule has 2 rings (SSSR count). The van der Waals surface area contributed by atoms with Crippen LogP contribution in [0, 0.1) is 13.8 Å². The summed E-state index contributed by atoms with van der Waals surface area (Å²) >= 11 is 0. The lowest BCUT2D eigenvalue weighted by atomic mass is 9.92. The topological polar surface area (TPSA) is 67.2 Å². The molecule has 1 aromatic heterocycles. The second-order valence-electron chi connectivity index (χ2n) is 9.21. The zero-order valence-corrected chi connectivity index (χ0v) is 19.7. The van der Waals surface area contributed by atoms with Crippen molar-refractivity contribution in [2.75, 3.05) is 11.9 Å². The number of rotatable bonds is 7. The van der Waals surface area contributed by atoms with E-state index in [-0.39, 0.29) is 29.8 Å². The smallest absolute Gasteiger partial charge is 0.245 e. The van der Waals surface area contributed by atoms with E-state index >= 15 is 0 Å². The monoisotopic (exact) mass is 412 g/mol. The molecule has 0 aliphatic carbocycles. The fourth-order valence-electron chi connectivity index (χ4n) is 3.24. The Kier molecular flexibility index (Phi) is 7.45. The fraction of sp³-hybridized carbons (Fsp3) is 0.542. The summed E-state index contributed by atoms with van der Waals surface area (Å²) in [6.45, 7) is 16.3. The van der Waals surface area contributed by atoms with E-state index in [4.69, 9.17) is 5.10 Å². The van der Waals surface area contributed by atoms with Crippen LogP contribution in [0.3, 0.4) is 0 Å². The molecule has 0 unspecified atom stereocenters. The van der Waals surface area contributed by atoms with E-state index in [9.17, 15) is 9.59 Å². The van der Waals surface area contributed by atoms with Gasteiger partial charge in [-0.25, -0.2) is 4.68 Å². The third-order valence-corrected chi connectivity index (χ3v) is 5.27. The number of aromatic nitrogens is 2. The normalized spacial score (nSPS) is 11.6. The summed E-state index contributed by atoms with van der Waals surface area (Å²) in [5, 5.41) is 7.81. The van der Waals surface area contributed by atoms with Crippen LogP contribution in [0.1, 0.15) is 71.2 Å². The van der Waals surface area contributed by atoms with E-state index in [1.807, 2.05) is 39.0 Å². The van der Waals surface area contributed by atoms with Gasteiger partial charge in [0.25, 0.3) is 0 Å². The third-order valence-electron chi connectivity index (χ3n) is 5.27. The maximum atomic E-state index is 12.9. The predicted molar refractivity (Wildman–Crippen MR) is 122 cm³/mol. The first kappa shape index (κ1) is 23.6. The number of benzene rings is 1. The summed E-state index contributed by atoms with van der Waals surface area (Å²) in [5.74, 6) is 0.395. The van der Waals surface area contributed by atoms with Crippen LogP contribution in [-0.4, -0.2) is 39.1 Å². The minimum atomic E-state index is -0.222. The van der Waals surface area contributed by atoms with Crippen LogP contribution < -0.4 is 5.32 Å². The molecule has 0 spiro atoms. The van der Waals surface area contributed by atoms with Gasteiger partial charge in [-0.3, -0.25) is 9.59 Å². The first-order valence-corrected chi connectivity index (χ1v) is 10.7. The van der Waals surface area contributed by atoms with Crippen molar-refractivity contribution in [3.8, 4) is 5.69 Å². The first-order valence-electron chi connectivity index (χ1n) is 10.7. The van der Waals surface area contributed by atoms with Crippen molar-refractivity contribution in [1.29, 1.82) is 0 Å². The molecule has 0 atom stereocenters. The Morgan fingerprint density at radius 2 is 1.87 bits per heavy atom. The van der Waals surface area contributed by atoms with E-state index < -0.39 is 0 Å². The molecule has 164 valence electrons. The maximum Gasteiger partial charge on any atom is 0.245 e. The van der Waals surface area contributed by atoms with E-state index in [2.05, 4.69) is 46.0 Å². The quantitative estimate of drug-likeness (QED) is 0.713. The number of carbonyl (C=O) groups is 2. The largest absolute Gasteiger partial charge is 0.331 e. The zero-order valence-electron chi connectivity index (χ0n) is 19.7. The van der Waals surface area contributed by atoms with Gasteiger partial charge in [0.1, 0.15) is 12.4 Å². The lowest BCUT2D eigenvalue weighted by Crippen LogP contribution is -2.42. The highest BCUT2D eigenvalue weighted by Crippen LogP contribution is 2.28. The molecule has 1 aromatic carbocycles. The standard InChI is InChI=1S/C24H36N4O2/c1-9-11-23(30)27(16(2)3)15-22(29)25-21-14-20(24(6,7)8)26-28(21)19-13-10-12-17(4)18(19)5/h10,12-14,16H,9,11,15H2,1-8H3,(H,25,29). The minimum absolute atomic E-state index is 0.000988. The van der Waals surface area contributed by atoms with E-state index in [0.29, 0.717) is 12.2 Å². The lowest BCUT2D eigenvalue weighted by molar-refractivity contribution is -0.136. The fourth-order valence-corrected chi connectivity index (χ4v) is 3.24. The Bertz CT molecular complexity index is 906. The summed E-state index contributed by atoms with van der Waals surface area (Å²) in [4.78, 5) is 26.9. The van der Waals surface area contributed by atoms with Crippen molar-refractivity contribution in [3.05, 3.63) is 41.1 Å². The maximum absolute atomic E-state index is 12.9. The predicted octanol–water partition coefficient (Wildman–Crippen LogP) is 4.76. The molecule has 0 fully saturated rings. The SMILES string of the molecule is CCCC(=O)N(CC(=O)Nc1cc(C(C)(C)C)nn1-c1cccc(C)c1C)C(C)C. The molecule has 1 N–H and O–H groups in total. The van der Waals surface area contributed by atoms with Crippen LogP contribution in [0.4, 0.5) is 5.82 Å². The molecule has 1 heterocycles. The molecule has 30 heavy (non-hydrogen) atoms. The molecule has 0 aliphatic heterocycles. The number of anilines is 1. The third kappa shape index (κ3) is 5.49. The zero-order chi connectivity index (χ0) is 22.6. The lowest BCUT2D eigenvalue weighted by Gasteiger charge is -2.26. The molecule has 0 saturated carbocycles. The van der Waals surface area contributed by atoms with Crippen molar-refractivity contribution < 1.29 is 9.59 Å². The molecule has 0 radical (unpaired) electrons. The summed E-state index contributed by atoms with van der Waals surface area (Å²) in [6, 6.07) is 7.94. The molecule has 2 aromatic rings. The van der Waals surface area contributed by atoms with Gasteiger partial charge < -0.3 is 10.2 Å². The molecule has 0 aliphatic rings. The highest BCUT2D eigenvalue weighted by Gasteiger charge is 2.24. The summed E-state index contributed by atoms with van der Waals surface area (Å²) in [7, 11) is 0. The van der Waals surface area contributed by atoms with Gasteiger partial charge in [-0.05, 0) is 51.3 Å². The van der Waals surface area contributed by atoms with Gasteiger partial charge in [0, 0.05) is 23.9 Å². The summed E-state index contributed by atoms with van der Waals surface area (Å²) < 4.78 is 1.80. The van der Waals surface area contributed by atoms with Crippen LogP contribution in [-0.2, 0) is 15.0 Å². The Morgan fingerprint density at radius 1 is 1.20 bits per heavy atom. The average Bonchev–Trinajstić information content (AvgIpc) is 3.05. The summed E-state index contributed by atoms with van der Waals surface area (Å²) in [5.41, 5.74) is 3.93. The van der Waals surface area contributed by atoms with E-state index in [1.54, 1.807) is 9.58 Å². The number of hydrogen-bond donors (Lipinski definition) is 1. The molecule has 2 amide bonds. The number of nitrogens with zero attached hydrogens (tertiary/aromatic N) is 3. The van der Waals surface area contributed by atoms with Gasteiger partial charge in [0.2, 0.25) is 11.8 Å². The van der Waals surface area contributed by atoms with Crippen molar-refractivity contribution in [1.82, 2.24) is 14.7 Å². The minimum Gasteiger partial charge on any atom is -0.331 e. The van der Waals surface area contributed by atoms with Gasteiger partial charge in [0.05, 0.1) is 11.4 Å². The Morgan fingerprint density at radius 3 is 2.43 bits per heavy atom. The molecule has 0 bridgehead atoms. The van der Waals surface area contributed by atoms with Crippen LogP contribution in [0.2, 0.25) is 0 Å². The van der Waals surface area contributed by atoms with Gasteiger partial charge in [-0.2, -0.15) is 5.10 Å². The van der Waals surface area contributed by atoms with Gasteiger partial charge in [0.15, 0.2) is 0 Å². The number of aryl methyl sites for hydroxylation is 1. The van der Waals surface area contributed by atoms with E-state index in [1.165, 1.54) is 0 Å². The molecule has 0 saturated heterocycles. The van der Waals surface area contributed by atoms with Gasteiger partial charge in [-0.1, -0.05) is 39.8 Å². The van der Waals surface area contributed by atoms with E-state index in [0.717, 1.165) is 28.9 Å². The number of nitrogens with one attached hydrogen (secondary N) is 1. The van der Waals surface area contributed by atoms with Gasteiger partial charge >= 0.3 is 0 Å². The average molecular weight is 413 g/mol. The molecule has 6 nitrogen and oxygen atoms in total. The Hall–Kier alpha value is -2.63. The number of carbonyl (C=O) groups excluding carboxylic acids is 2. The highest BCUT2D eigenvalue weighted by atomic mass is 16.2. The molecular weight excluding hydrogens is 376 g/mol. The van der Waals surface area contributed by atoms with Crippen LogP contribution in [0.15, 0.2) is 24.3 Å². The number of hydrogen-bond acceptors (Lipinski definition) is 3. The first-order chi connectivity index (χ1) is 14.0. The van der Waals surface area contributed by atoms with Crippen molar-refractivity contribution in [2.24, 2.45) is 0 Å². The van der Waals surface area contributed by atoms with Gasteiger partial charge in [-0.15, -0.1) is 0 Å². The van der Waals surface area contributed by atoms with Crippen molar-refractivity contribution in [3.63, 3.8) is 0 Å². The van der Waals surface area contributed by atoms with Crippen molar-refractivity contribution in [2.45, 2.75) is 79.7 Å². The second-order valence-corrected chi connectivity index (χ2v) is 9.21.